The molecule has 2 aromatic rings. The Kier molecular flexibility index (Phi) is 5.00. The number of nitro groups is 1. The monoisotopic (exact) mass is 334 g/mol. The number of carbonyl (C=O) groups excluding carboxylic acids is 1. The molecule has 0 aliphatic carbocycles. The summed E-state index contributed by atoms with van der Waals surface area (Å²) in [4.78, 5) is 22.4. The summed E-state index contributed by atoms with van der Waals surface area (Å²) in [5.74, 6) is -0.470. The van der Waals surface area contributed by atoms with Crippen LogP contribution in [-0.2, 0) is 0 Å². The van der Waals surface area contributed by atoms with Crippen molar-refractivity contribution in [2.45, 2.75) is 6.92 Å². The fourth-order valence-corrected chi connectivity index (χ4v) is 2.25. The lowest BCUT2D eigenvalue weighted by Gasteiger charge is -2.10. The van der Waals surface area contributed by atoms with Crippen LogP contribution in [0.2, 0.25) is 5.02 Å². The molecule has 0 unspecified atom stereocenters. The molecule has 118 valence electrons. The molecule has 2 rings (SSSR count). The summed E-state index contributed by atoms with van der Waals surface area (Å²) >= 11 is 5.88. The number of rotatable bonds is 4. The Morgan fingerprint density at radius 2 is 1.96 bits per heavy atom. The Hall–Kier alpha value is -2.42. The molecule has 0 saturated heterocycles. The number of hydrogen-bond acceptors (Lipinski definition) is 5. The normalized spacial score (nSPS) is 10.3. The van der Waals surface area contributed by atoms with Crippen LogP contribution in [0.1, 0.15) is 15.9 Å². The van der Waals surface area contributed by atoms with Crippen molar-refractivity contribution in [2.75, 3.05) is 5.32 Å². The number of anilines is 1. The number of benzene rings is 2. The highest BCUT2D eigenvalue weighted by Crippen LogP contribution is 2.22. The van der Waals surface area contributed by atoms with Crippen LogP contribution in [0.3, 0.4) is 0 Å². The molecule has 3 N–H and O–H groups in total. The van der Waals surface area contributed by atoms with Gasteiger partial charge in [-0.15, -0.1) is 0 Å². The van der Waals surface area contributed by atoms with Crippen molar-refractivity contribution < 1.29 is 19.8 Å². The van der Waals surface area contributed by atoms with E-state index < -0.39 is 17.9 Å². The van der Waals surface area contributed by atoms with Crippen molar-refractivity contribution in [3.8, 4) is 0 Å². The highest BCUT2D eigenvalue weighted by atomic mass is 35.5. The smallest absolute Gasteiger partial charge is 0.423 e. The number of aryl methyl sites for hydroxylation is 1. The van der Waals surface area contributed by atoms with Gasteiger partial charge >= 0.3 is 7.12 Å². The average Bonchev–Trinajstić information content (AvgIpc) is 2.48. The predicted octanol–water partition coefficient (Wildman–Crippen LogP) is 1.49. The molecule has 0 spiro atoms. The Morgan fingerprint density at radius 1 is 1.26 bits per heavy atom. The molecule has 0 atom stereocenters. The van der Waals surface area contributed by atoms with Gasteiger partial charge in [-0.2, -0.15) is 0 Å². The molecule has 0 aliphatic heterocycles. The number of nitrogens with one attached hydrogen (secondary N) is 1. The topological polar surface area (TPSA) is 113 Å². The van der Waals surface area contributed by atoms with Crippen molar-refractivity contribution in [3.63, 3.8) is 0 Å². The van der Waals surface area contributed by atoms with Gasteiger partial charge in [-0.1, -0.05) is 17.7 Å². The number of amides is 1. The summed E-state index contributed by atoms with van der Waals surface area (Å²) in [6, 6.07) is 8.14. The third-order valence-electron chi connectivity index (χ3n) is 3.21. The molecule has 9 heteroatoms. The molecule has 0 bridgehead atoms. The van der Waals surface area contributed by atoms with Gasteiger partial charge in [-0.3, -0.25) is 14.9 Å². The van der Waals surface area contributed by atoms with E-state index in [4.69, 9.17) is 21.6 Å². The maximum absolute atomic E-state index is 12.2. The zero-order chi connectivity index (χ0) is 17.1. The van der Waals surface area contributed by atoms with Crippen LogP contribution in [0.4, 0.5) is 11.4 Å². The second-order valence-corrected chi connectivity index (χ2v) is 5.23. The minimum atomic E-state index is -1.73. The van der Waals surface area contributed by atoms with Gasteiger partial charge in [-0.05, 0) is 30.7 Å². The quantitative estimate of drug-likeness (QED) is 0.445. The van der Waals surface area contributed by atoms with Gasteiger partial charge in [0.25, 0.3) is 11.6 Å². The van der Waals surface area contributed by atoms with Crippen molar-refractivity contribution in [2.24, 2.45) is 0 Å². The number of non-ortho nitro benzene ring substituents is 1. The number of nitro benzene ring substituents is 1. The first-order valence-electron chi connectivity index (χ1n) is 6.51. The lowest BCUT2D eigenvalue weighted by Crippen LogP contribution is -2.31. The summed E-state index contributed by atoms with van der Waals surface area (Å²) in [6.45, 7) is 1.64. The zero-order valence-corrected chi connectivity index (χ0v) is 12.7. The van der Waals surface area contributed by atoms with Gasteiger partial charge in [0.2, 0.25) is 0 Å². The Bertz CT molecular complexity index is 782. The SMILES string of the molecule is Cc1cc([N+](=O)[O-])ccc1NC(=O)c1ccc(B(O)O)c(Cl)c1. The number of carbonyl (C=O) groups is 1. The Morgan fingerprint density at radius 3 is 2.48 bits per heavy atom. The second kappa shape index (κ2) is 6.78. The van der Waals surface area contributed by atoms with E-state index in [0.717, 1.165) is 0 Å². The van der Waals surface area contributed by atoms with Crippen molar-refractivity contribution in [1.29, 1.82) is 0 Å². The van der Waals surface area contributed by atoms with Crippen LogP contribution in [0.5, 0.6) is 0 Å². The van der Waals surface area contributed by atoms with Gasteiger partial charge < -0.3 is 15.4 Å². The molecule has 23 heavy (non-hydrogen) atoms. The number of hydrogen-bond donors (Lipinski definition) is 3. The lowest BCUT2D eigenvalue weighted by molar-refractivity contribution is -0.384. The molecule has 2 aromatic carbocycles. The molecular weight excluding hydrogens is 322 g/mol. The van der Waals surface area contributed by atoms with Crippen LogP contribution in [0.25, 0.3) is 0 Å². The van der Waals surface area contributed by atoms with Gasteiger partial charge in [0.05, 0.1) is 4.92 Å². The van der Waals surface area contributed by atoms with Crippen LogP contribution in [0, 0.1) is 17.0 Å². The maximum Gasteiger partial charge on any atom is 0.489 e. The second-order valence-electron chi connectivity index (χ2n) is 4.82. The number of nitrogens with zero attached hydrogens (tertiary/aromatic N) is 1. The van der Waals surface area contributed by atoms with E-state index in [2.05, 4.69) is 5.32 Å². The van der Waals surface area contributed by atoms with E-state index in [1.54, 1.807) is 6.92 Å². The van der Waals surface area contributed by atoms with Crippen molar-refractivity contribution in [1.82, 2.24) is 0 Å². The first-order chi connectivity index (χ1) is 10.8. The molecule has 0 radical (unpaired) electrons. The standard InChI is InChI=1S/C14H12BClN2O5/c1-8-6-10(18(22)23)3-5-13(8)17-14(19)9-2-4-11(15(20)21)12(16)7-9/h2-7,20-21H,1H3,(H,17,19). The molecule has 7 nitrogen and oxygen atoms in total. The first kappa shape index (κ1) is 16.9. The molecule has 0 aromatic heterocycles. The van der Waals surface area contributed by atoms with Gasteiger partial charge in [0.15, 0.2) is 0 Å². The van der Waals surface area contributed by atoms with Gasteiger partial charge in [-0.25, -0.2) is 0 Å². The van der Waals surface area contributed by atoms with Crippen molar-refractivity contribution in [3.05, 3.63) is 62.7 Å². The van der Waals surface area contributed by atoms with Crippen LogP contribution < -0.4 is 10.8 Å². The van der Waals surface area contributed by atoms with E-state index in [1.807, 2.05) is 0 Å². The highest BCUT2D eigenvalue weighted by molar-refractivity contribution is 6.62. The largest absolute Gasteiger partial charge is 0.489 e. The van der Waals surface area contributed by atoms with Crippen LogP contribution >= 0.6 is 11.6 Å². The lowest BCUT2D eigenvalue weighted by atomic mass is 9.80. The highest BCUT2D eigenvalue weighted by Gasteiger charge is 2.17. The Balaban J connectivity index is 2.22. The zero-order valence-electron chi connectivity index (χ0n) is 12.0. The maximum atomic E-state index is 12.2. The van der Waals surface area contributed by atoms with Gasteiger partial charge in [0, 0.05) is 33.9 Å². The van der Waals surface area contributed by atoms with Crippen LogP contribution in [-0.4, -0.2) is 28.0 Å². The molecule has 1 amide bonds. The van der Waals surface area contributed by atoms with E-state index in [1.165, 1.54) is 36.4 Å². The summed E-state index contributed by atoms with van der Waals surface area (Å²) in [5.41, 5.74) is 1.22. The summed E-state index contributed by atoms with van der Waals surface area (Å²) < 4.78 is 0. The summed E-state index contributed by atoms with van der Waals surface area (Å²) in [6.07, 6.45) is 0. The predicted molar refractivity (Wildman–Crippen MR) is 87.1 cm³/mol. The average molecular weight is 335 g/mol. The summed E-state index contributed by atoms with van der Waals surface area (Å²) in [5, 5.41) is 31.6. The summed E-state index contributed by atoms with van der Waals surface area (Å²) in [7, 11) is -1.73. The molecule has 0 aliphatic rings. The molecular formula is C14H12BClN2O5. The molecule has 0 fully saturated rings. The van der Waals surface area contributed by atoms with Gasteiger partial charge in [0.1, 0.15) is 0 Å². The van der Waals surface area contributed by atoms with Crippen molar-refractivity contribution >= 4 is 41.5 Å². The fourth-order valence-electron chi connectivity index (χ4n) is 1.97. The number of halogens is 1. The van der Waals surface area contributed by atoms with E-state index in [0.29, 0.717) is 11.3 Å². The molecule has 0 saturated carbocycles. The minimum absolute atomic E-state index is 0.0491. The fraction of sp³-hybridized carbons (Fsp3) is 0.0714. The third kappa shape index (κ3) is 3.86. The first-order valence-corrected chi connectivity index (χ1v) is 6.89. The van der Waals surface area contributed by atoms with E-state index in [9.17, 15) is 14.9 Å². The van der Waals surface area contributed by atoms with Crippen LogP contribution in [0.15, 0.2) is 36.4 Å². The molecule has 0 heterocycles. The van der Waals surface area contributed by atoms with E-state index >= 15 is 0 Å². The third-order valence-corrected chi connectivity index (χ3v) is 3.54. The van der Waals surface area contributed by atoms with E-state index in [-0.39, 0.29) is 21.7 Å². The Labute approximate surface area is 136 Å². The minimum Gasteiger partial charge on any atom is -0.423 e.